The number of oxime groups is 1. The van der Waals surface area contributed by atoms with E-state index in [-0.39, 0.29) is 6.07 Å². The summed E-state index contributed by atoms with van der Waals surface area (Å²) in [6.45, 7) is 0.742. The molecule has 30 heavy (non-hydrogen) atoms. The molecule has 4 nitrogen and oxygen atoms in total. The fraction of sp³-hybridized carbons (Fsp3) is 0.200. The lowest BCUT2D eigenvalue weighted by atomic mass is 10.1. The molecular weight excluding hydrogens is 416 g/mol. The lowest BCUT2D eigenvalue weighted by Crippen LogP contribution is -2.11. The quantitative estimate of drug-likeness (QED) is 0.225. The van der Waals surface area contributed by atoms with E-state index in [1.165, 1.54) is 13.1 Å². The first-order chi connectivity index (χ1) is 13.9. The molecule has 0 N–H and O–H groups in total. The van der Waals surface area contributed by atoms with Crippen molar-refractivity contribution in [2.75, 3.05) is 6.61 Å². The molecule has 0 heterocycles. The number of alkyl halides is 6. The van der Waals surface area contributed by atoms with Gasteiger partial charge < -0.3 is 9.57 Å². The fourth-order valence-electron chi connectivity index (χ4n) is 2.13. The fourth-order valence-corrected chi connectivity index (χ4v) is 2.13. The highest BCUT2D eigenvalue weighted by Crippen LogP contribution is 2.38. The van der Waals surface area contributed by atoms with Crippen molar-refractivity contribution >= 4 is 12.2 Å². The second kappa shape index (κ2) is 9.35. The molecule has 0 saturated heterocycles. The largest absolute Gasteiger partial charge is 0.481 e. The molecule has 0 atom stereocenters. The van der Waals surface area contributed by atoms with Crippen molar-refractivity contribution < 1.29 is 40.7 Å². The van der Waals surface area contributed by atoms with Crippen molar-refractivity contribution in [3.8, 4) is 17.6 Å². The zero-order valence-electron chi connectivity index (χ0n) is 15.3. The van der Waals surface area contributed by atoms with Gasteiger partial charge in [0.25, 0.3) is 0 Å². The van der Waals surface area contributed by atoms with Crippen LogP contribution in [0.4, 0.5) is 26.3 Å². The molecule has 0 unspecified atom stereocenters. The zero-order chi connectivity index (χ0) is 22.4. The van der Waals surface area contributed by atoms with Gasteiger partial charge in [0.2, 0.25) is 0 Å². The maximum absolute atomic E-state index is 12.8. The van der Waals surface area contributed by atoms with Gasteiger partial charge >= 0.3 is 18.3 Å². The van der Waals surface area contributed by atoms with Crippen molar-refractivity contribution in [2.24, 2.45) is 5.16 Å². The minimum absolute atomic E-state index is 0.0153. The Balaban J connectivity index is 2.12. The standard InChI is InChI=1S/C20H13F6NO3/c1-13(28)30-27-12-15-5-2-4-14(8-15)6-3-7-29-18-10-16(19(21,22)23)9-17(11-18)20(24,25)26/h2,4-5,8-12H,7H2,1H3. The summed E-state index contributed by atoms with van der Waals surface area (Å²) in [6.07, 6.45) is -8.65. The van der Waals surface area contributed by atoms with Gasteiger partial charge in [-0.25, -0.2) is 4.79 Å². The summed E-state index contributed by atoms with van der Waals surface area (Å²) in [4.78, 5) is 15.1. The van der Waals surface area contributed by atoms with Crippen LogP contribution in [-0.4, -0.2) is 18.8 Å². The summed E-state index contributed by atoms with van der Waals surface area (Å²) in [7, 11) is 0. The summed E-state index contributed by atoms with van der Waals surface area (Å²) in [5, 5.41) is 3.44. The Labute approximate surface area is 167 Å². The number of hydrogen-bond acceptors (Lipinski definition) is 4. The van der Waals surface area contributed by atoms with Crippen LogP contribution in [0.2, 0.25) is 0 Å². The number of rotatable bonds is 4. The number of nitrogens with zero attached hydrogens (tertiary/aromatic N) is 1. The van der Waals surface area contributed by atoms with E-state index >= 15 is 0 Å². The first-order valence-electron chi connectivity index (χ1n) is 8.17. The second-order valence-corrected chi connectivity index (χ2v) is 5.77. The van der Waals surface area contributed by atoms with Crippen LogP contribution in [0.5, 0.6) is 5.75 Å². The first kappa shape index (κ1) is 22.8. The minimum Gasteiger partial charge on any atom is -0.481 e. The third kappa shape index (κ3) is 7.16. The van der Waals surface area contributed by atoms with Crippen molar-refractivity contribution in [3.05, 3.63) is 64.7 Å². The molecule has 0 amide bonds. The van der Waals surface area contributed by atoms with Crippen molar-refractivity contribution in [1.82, 2.24) is 0 Å². The molecule has 0 aromatic heterocycles. The summed E-state index contributed by atoms with van der Waals surface area (Å²) < 4.78 is 81.9. The molecule has 0 aliphatic carbocycles. The molecule has 2 rings (SSSR count). The van der Waals surface area contributed by atoms with Crippen LogP contribution >= 0.6 is 0 Å². The van der Waals surface area contributed by atoms with Crippen LogP contribution in [0.15, 0.2) is 47.6 Å². The van der Waals surface area contributed by atoms with Gasteiger partial charge in [-0.05, 0) is 35.9 Å². The summed E-state index contributed by atoms with van der Waals surface area (Å²) in [5.74, 6) is 3.96. The van der Waals surface area contributed by atoms with Crippen LogP contribution in [-0.2, 0) is 22.0 Å². The maximum atomic E-state index is 12.8. The molecule has 0 fully saturated rings. The Morgan fingerprint density at radius 2 is 1.67 bits per heavy atom. The highest BCUT2D eigenvalue weighted by atomic mass is 19.4. The summed E-state index contributed by atoms with van der Waals surface area (Å²) in [5.41, 5.74) is -1.91. The lowest BCUT2D eigenvalue weighted by molar-refractivity contribution is -0.143. The van der Waals surface area contributed by atoms with Gasteiger partial charge in [0.1, 0.15) is 12.4 Å². The van der Waals surface area contributed by atoms with Crippen LogP contribution in [0.3, 0.4) is 0 Å². The van der Waals surface area contributed by atoms with E-state index in [0.29, 0.717) is 23.3 Å². The maximum Gasteiger partial charge on any atom is 0.416 e. The van der Waals surface area contributed by atoms with Crippen LogP contribution in [0, 0.1) is 11.8 Å². The topological polar surface area (TPSA) is 47.9 Å². The predicted octanol–water partition coefficient (Wildman–Crippen LogP) is 5.05. The Hall–Kier alpha value is -3.48. The number of hydrogen-bond donors (Lipinski definition) is 0. The first-order valence-corrected chi connectivity index (χ1v) is 8.17. The summed E-state index contributed by atoms with van der Waals surface area (Å²) >= 11 is 0. The Morgan fingerprint density at radius 1 is 1.03 bits per heavy atom. The highest BCUT2D eigenvalue weighted by molar-refractivity contribution is 5.80. The Bertz CT molecular complexity index is 968. The van der Waals surface area contributed by atoms with Crippen molar-refractivity contribution in [1.29, 1.82) is 0 Å². The van der Waals surface area contributed by atoms with E-state index < -0.39 is 41.8 Å². The molecule has 0 spiro atoms. The van der Waals surface area contributed by atoms with E-state index in [1.807, 2.05) is 0 Å². The van der Waals surface area contributed by atoms with E-state index in [4.69, 9.17) is 4.74 Å². The second-order valence-electron chi connectivity index (χ2n) is 5.77. The monoisotopic (exact) mass is 429 g/mol. The molecule has 0 radical (unpaired) electrons. The average Bonchev–Trinajstić information content (AvgIpc) is 2.64. The Morgan fingerprint density at radius 3 is 2.23 bits per heavy atom. The molecule has 0 bridgehead atoms. The lowest BCUT2D eigenvalue weighted by Gasteiger charge is -2.14. The third-order valence-corrected chi connectivity index (χ3v) is 3.37. The number of carbonyl (C=O) groups is 1. The van der Waals surface area contributed by atoms with Crippen LogP contribution < -0.4 is 4.74 Å². The van der Waals surface area contributed by atoms with Gasteiger partial charge in [-0.3, -0.25) is 0 Å². The van der Waals surface area contributed by atoms with Crippen LogP contribution in [0.1, 0.15) is 29.2 Å². The number of benzene rings is 2. The molecule has 2 aromatic carbocycles. The van der Waals surface area contributed by atoms with Crippen molar-refractivity contribution in [3.63, 3.8) is 0 Å². The number of halogens is 6. The van der Waals surface area contributed by atoms with Gasteiger partial charge in [-0.2, -0.15) is 26.3 Å². The average molecular weight is 429 g/mol. The van der Waals surface area contributed by atoms with E-state index in [2.05, 4.69) is 21.8 Å². The smallest absolute Gasteiger partial charge is 0.416 e. The predicted molar refractivity (Wildman–Crippen MR) is 94.6 cm³/mol. The van der Waals surface area contributed by atoms with E-state index in [1.54, 1.807) is 24.3 Å². The molecular formula is C20H13F6NO3. The molecule has 158 valence electrons. The summed E-state index contributed by atoms with van der Waals surface area (Å²) in [6, 6.07) is 7.43. The van der Waals surface area contributed by atoms with E-state index in [0.717, 1.165) is 0 Å². The molecule has 10 heteroatoms. The zero-order valence-corrected chi connectivity index (χ0v) is 15.3. The number of ether oxygens (including phenoxy) is 1. The molecule has 0 aliphatic rings. The van der Waals surface area contributed by atoms with Crippen molar-refractivity contribution in [2.45, 2.75) is 19.3 Å². The molecule has 0 saturated carbocycles. The van der Waals surface area contributed by atoms with Gasteiger partial charge in [0.15, 0.2) is 0 Å². The van der Waals surface area contributed by atoms with E-state index in [9.17, 15) is 31.1 Å². The van der Waals surface area contributed by atoms with Gasteiger partial charge in [-0.1, -0.05) is 29.1 Å². The Kier molecular flexibility index (Phi) is 7.10. The SMILES string of the molecule is CC(=O)ON=Cc1cccc(C#CCOc2cc(C(F)(F)F)cc(C(F)(F)F)c2)c1. The highest BCUT2D eigenvalue weighted by Gasteiger charge is 2.37. The number of carbonyl (C=O) groups excluding carboxylic acids is 1. The van der Waals surface area contributed by atoms with Crippen LogP contribution in [0.25, 0.3) is 0 Å². The molecule has 2 aromatic rings. The normalized spacial score (nSPS) is 11.7. The third-order valence-electron chi connectivity index (χ3n) is 3.37. The van der Waals surface area contributed by atoms with Gasteiger partial charge in [0.05, 0.1) is 17.3 Å². The molecule has 0 aliphatic heterocycles. The van der Waals surface area contributed by atoms with Gasteiger partial charge in [0, 0.05) is 12.5 Å². The van der Waals surface area contributed by atoms with Gasteiger partial charge in [-0.15, -0.1) is 0 Å². The minimum atomic E-state index is -4.96.